The van der Waals surface area contributed by atoms with E-state index in [9.17, 15) is 18.7 Å². The lowest BCUT2D eigenvalue weighted by Crippen LogP contribution is -2.39. The quantitative estimate of drug-likeness (QED) is 0.903. The fourth-order valence-corrected chi connectivity index (χ4v) is 2.27. The fraction of sp³-hybridized carbons (Fsp3) is 0.462. The number of ether oxygens (including phenoxy) is 1. The summed E-state index contributed by atoms with van der Waals surface area (Å²) in [5.74, 6) is -2.10. The summed E-state index contributed by atoms with van der Waals surface area (Å²) < 4.78 is 31.8. The molecular weight excluding hydrogens is 242 g/mol. The molecule has 0 aromatic heterocycles. The lowest BCUT2D eigenvalue weighted by molar-refractivity contribution is -0.154. The number of hydrogen-bond acceptors (Lipinski definition) is 2. The van der Waals surface area contributed by atoms with Crippen LogP contribution in [-0.2, 0) is 16.0 Å². The molecule has 0 atom stereocenters. The second-order valence-electron chi connectivity index (χ2n) is 4.61. The molecule has 98 valence electrons. The molecule has 1 aromatic rings. The Bertz CT molecular complexity index is 454. The third-order valence-electron chi connectivity index (χ3n) is 3.44. The first kappa shape index (κ1) is 13.0. The average Bonchev–Trinajstić information content (AvgIpc) is 2.35. The van der Waals surface area contributed by atoms with Crippen LogP contribution in [0.25, 0.3) is 0 Å². The molecule has 0 amide bonds. The Balaban J connectivity index is 2.28. The third kappa shape index (κ3) is 2.51. The minimum atomic E-state index is -1.05. The van der Waals surface area contributed by atoms with Crippen LogP contribution in [0, 0.1) is 17.0 Å². The molecule has 2 rings (SSSR count). The largest absolute Gasteiger partial charge is 0.481 e. The summed E-state index contributed by atoms with van der Waals surface area (Å²) in [6.45, 7) is 0.673. The summed E-state index contributed by atoms with van der Waals surface area (Å²) in [4.78, 5) is 11.4. The van der Waals surface area contributed by atoms with Crippen molar-refractivity contribution in [2.75, 3.05) is 13.2 Å². The van der Waals surface area contributed by atoms with Gasteiger partial charge < -0.3 is 9.84 Å². The molecule has 1 aliphatic heterocycles. The number of hydrogen-bond donors (Lipinski definition) is 1. The van der Waals surface area contributed by atoms with E-state index in [4.69, 9.17) is 4.74 Å². The molecule has 18 heavy (non-hydrogen) atoms. The zero-order valence-corrected chi connectivity index (χ0v) is 9.79. The van der Waals surface area contributed by atoms with Crippen molar-refractivity contribution in [3.8, 4) is 0 Å². The van der Waals surface area contributed by atoms with Gasteiger partial charge in [-0.2, -0.15) is 0 Å². The Labute approximate surface area is 103 Å². The Morgan fingerprint density at radius 2 is 2.00 bits per heavy atom. The van der Waals surface area contributed by atoms with Crippen molar-refractivity contribution in [1.82, 2.24) is 0 Å². The van der Waals surface area contributed by atoms with E-state index in [0.717, 1.165) is 18.2 Å². The van der Waals surface area contributed by atoms with Gasteiger partial charge in [0.05, 0.1) is 5.41 Å². The SMILES string of the molecule is O=C(O)C1(Cc2cc(F)ccc2F)CCOCC1. The zero-order valence-electron chi connectivity index (χ0n) is 9.79. The third-order valence-corrected chi connectivity index (χ3v) is 3.44. The highest BCUT2D eigenvalue weighted by Crippen LogP contribution is 2.35. The van der Waals surface area contributed by atoms with Crippen molar-refractivity contribution in [2.45, 2.75) is 19.3 Å². The maximum Gasteiger partial charge on any atom is 0.310 e. The topological polar surface area (TPSA) is 46.5 Å². The number of carboxylic acid groups (broad SMARTS) is 1. The van der Waals surface area contributed by atoms with Gasteiger partial charge in [0.2, 0.25) is 0 Å². The van der Waals surface area contributed by atoms with Gasteiger partial charge in [-0.1, -0.05) is 0 Å². The van der Waals surface area contributed by atoms with Crippen LogP contribution >= 0.6 is 0 Å². The van der Waals surface area contributed by atoms with E-state index in [2.05, 4.69) is 0 Å². The first-order chi connectivity index (χ1) is 8.53. The monoisotopic (exact) mass is 256 g/mol. The molecule has 1 aliphatic rings. The molecule has 1 fully saturated rings. The molecular formula is C13H14F2O3. The first-order valence-electron chi connectivity index (χ1n) is 5.79. The number of halogens is 2. The second-order valence-corrected chi connectivity index (χ2v) is 4.61. The molecule has 0 saturated carbocycles. The van der Waals surface area contributed by atoms with Gasteiger partial charge in [0.1, 0.15) is 11.6 Å². The minimum Gasteiger partial charge on any atom is -0.481 e. The summed E-state index contributed by atoms with van der Waals surface area (Å²) in [6.07, 6.45) is 0.631. The predicted molar refractivity (Wildman–Crippen MR) is 60.2 cm³/mol. The van der Waals surface area contributed by atoms with Gasteiger partial charge in [-0.05, 0) is 43.0 Å². The van der Waals surface area contributed by atoms with E-state index in [1.165, 1.54) is 0 Å². The van der Waals surface area contributed by atoms with Crippen LogP contribution in [0.3, 0.4) is 0 Å². The average molecular weight is 256 g/mol. The van der Waals surface area contributed by atoms with E-state index < -0.39 is 23.0 Å². The molecule has 1 aromatic carbocycles. The van der Waals surface area contributed by atoms with E-state index in [1.807, 2.05) is 0 Å². The van der Waals surface area contributed by atoms with E-state index in [0.29, 0.717) is 26.1 Å². The summed E-state index contributed by atoms with van der Waals surface area (Å²) in [5, 5.41) is 9.34. The number of aliphatic carboxylic acids is 1. The van der Waals surface area contributed by atoms with Gasteiger partial charge in [0.25, 0.3) is 0 Å². The Morgan fingerprint density at radius 3 is 2.61 bits per heavy atom. The molecule has 1 saturated heterocycles. The molecule has 0 bridgehead atoms. The summed E-state index contributed by atoms with van der Waals surface area (Å²) in [7, 11) is 0. The van der Waals surface area contributed by atoms with Crippen LogP contribution in [0.5, 0.6) is 0 Å². The van der Waals surface area contributed by atoms with Gasteiger partial charge in [-0.3, -0.25) is 4.79 Å². The maximum atomic E-state index is 13.6. The van der Waals surface area contributed by atoms with Crippen molar-refractivity contribution < 1.29 is 23.4 Å². The molecule has 3 nitrogen and oxygen atoms in total. The summed E-state index contributed by atoms with van der Waals surface area (Å²) in [5.41, 5.74) is -0.938. The highest BCUT2D eigenvalue weighted by Gasteiger charge is 2.40. The van der Waals surface area contributed by atoms with E-state index in [-0.39, 0.29) is 12.0 Å². The highest BCUT2D eigenvalue weighted by molar-refractivity contribution is 5.75. The molecule has 0 aliphatic carbocycles. The van der Waals surface area contributed by atoms with E-state index >= 15 is 0 Å². The zero-order chi connectivity index (χ0) is 13.2. The Kier molecular flexibility index (Phi) is 3.61. The Morgan fingerprint density at radius 1 is 1.33 bits per heavy atom. The van der Waals surface area contributed by atoms with E-state index in [1.54, 1.807) is 0 Å². The lowest BCUT2D eigenvalue weighted by atomic mass is 9.75. The second kappa shape index (κ2) is 5.02. The predicted octanol–water partition coefficient (Wildman–Crippen LogP) is 2.39. The molecule has 0 radical (unpaired) electrons. The minimum absolute atomic E-state index is 0.00468. The van der Waals surface area contributed by atoms with Crippen molar-refractivity contribution >= 4 is 5.97 Å². The highest BCUT2D eigenvalue weighted by atomic mass is 19.1. The van der Waals surface area contributed by atoms with Gasteiger partial charge >= 0.3 is 5.97 Å². The smallest absolute Gasteiger partial charge is 0.310 e. The molecule has 1 N–H and O–H groups in total. The summed E-state index contributed by atoms with van der Waals surface area (Å²) in [6, 6.07) is 3.12. The van der Waals surface area contributed by atoms with Gasteiger partial charge in [0.15, 0.2) is 0 Å². The summed E-state index contributed by atoms with van der Waals surface area (Å²) >= 11 is 0. The Hall–Kier alpha value is -1.49. The molecule has 1 heterocycles. The maximum absolute atomic E-state index is 13.6. The van der Waals surface area contributed by atoms with Crippen molar-refractivity contribution in [3.05, 3.63) is 35.4 Å². The van der Waals surface area contributed by atoms with Crippen molar-refractivity contribution in [1.29, 1.82) is 0 Å². The number of benzene rings is 1. The standard InChI is InChI=1S/C13H14F2O3/c14-10-1-2-11(15)9(7-10)8-13(12(16)17)3-5-18-6-4-13/h1-2,7H,3-6,8H2,(H,16,17). The first-order valence-corrected chi connectivity index (χ1v) is 5.79. The van der Waals surface area contributed by atoms with Gasteiger partial charge in [0, 0.05) is 13.2 Å². The molecule has 0 unspecified atom stereocenters. The number of rotatable bonds is 3. The lowest BCUT2D eigenvalue weighted by Gasteiger charge is -2.33. The van der Waals surface area contributed by atoms with Crippen LogP contribution in [0.2, 0.25) is 0 Å². The van der Waals surface area contributed by atoms with Crippen LogP contribution in [0.1, 0.15) is 18.4 Å². The normalized spacial score (nSPS) is 18.6. The number of carbonyl (C=O) groups is 1. The van der Waals surface area contributed by atoms with Gasteiger partial charge in [-0.25, -0.2) is 8.78 Å². The molecule has 0 spiro atoms. The van der Waals surface area contributed by atoms with Crippen molar-refractivity contribution in [3.63, 3.8) is 0 Å². The number of carboxylic acids is 1. The molecule has 5 heteroatoms. The van der Waals surface area contributed by atoms with Crippen molar-refractivity contribution in [2.24, 2.45) is 5.41 Å². The fourth-order valence-electron chi connectivity index (χ4n) is 2.27. The van der Waals surface area contributed by atoms with Crippen LogP contribution in [-0.4, -0.2) is 24.3 Å². The van der Waals surface area contributed by atoms with Crippen LogP contribution in [0.4, 0.5) is 8.78 Å². The van der Waals surface area contributed by atoms with Crippen LogP contribution < -0.4 is 0 Å². The van der Waals surface area contributed by atoms with Crippen LogP contribution in [0.15, 0.2) is 18.2 Å². The van der Waals surface area contributed by atoms with Gasteiger partial charge in [-0.15, -0.1) is 0 Å².